The first-order valence-electron chi connectivity index (χ1n) is 6.11. The van der Waals surface area contributed by atoms with Gasteiger partial charge in [-0.3, -0.25) is 4.98 Å². The molecule has 94 valence electrons. The van der Waals surface area contributed by atoms with Gasteiger partial charge in [-0.25, -0.2) is 0 Å². The van der Waals surface area contributed by atoms with E-state index >= 15 is 0 Å². The second-order valence-electron chi connectivity index (χ2n) is 4.76. The van der Waals surface area contributed by atoms with E-state index in [4.69, 9.17) is 4.74 Å². The zero-order valence-corrected chi connectivity index (χ0v) is 10.6. The molecule has 2 unspecified atom stereocenters. The standard InChI is InChI=1S/C13H21N3O/c1-16(9-11-4-3-5-14-7-11)10-12-6-13(17-2)8-15-12/h3-5,7,12-13,15H,6,8-10H2,1-2H3. The Hall–Kier alpha value is -0.970. The second kappa shape index (κ2) is 6.10. The van der Waals surface area contributed by atoms with E-state index in [9.17, 15) is 0 Å². The van der Waals surface area contributed by atoms with Crippen molar-refractivity contribution in [3.05, 3.63) is 30.1 Å². The van der Waals surface area contributed by atoms with Crippen LogP contribution in [0, 0.1) is 0 Å². The van der Waals surface area contributed by atoms with Crippen LogP contribution in [0.5, 0.6) is 0 Å². The predicted molar refractivity (Wildman–Crippen MR) is 67.8 cm³/mol. The largest absolute Gasteiger partial charge is 0.380 e. The van der Waals surface area contributed by atoms with E-state index in [1.54, 1.807) is 7.11 Å². The summed E-state index contributed by atoms with van der Waals surface area (Å²) in [5.74, 6) is 0. The van der Waals surface area contributed by atoms with Crippen LogP contribution in [0.4, 0.5) is 0 Å². The fourth-order valence-electron chi connectivity index (χ4n) is 2.34. The SMILES string of the molecule is COC1CNC(CN(C)Cc2cccnc2)C1. The summed E-state index contributed by atoms with van der Waals surface area (Å²) in [5.41, 5.74) is 1.26. The Morgan fingerprint density at radius 1 is 1.59 bits per heavy atom. The number of hydrogen-bond acceptors (Lipinski definition) is 4. The van der Waals surface area contributed by atoms with Crippen LogP contribution in [-0.4, -0.2) is 49.3 Å². The summed E-state index contributed by atoms with van der Waals surface area (Å²) in [5, 5.41) is 3.49. The fourth-order valence-corrected chi connectivity index (χ4v) is 2.34. The maximum atomic E-state index is 5.35. The quantitative estimate of drug-likeness (QED) is 0.822. The maximum absolute atomic E-state index is 5.35. The lowest BCUT2D eigenvalue weighted by Gasteiger charge is -2.20. The van der Waals surface area contributed by atoms with E-state index in [0.29, 0.717) is 12.1 Å². The second-order valence-corrected chi connectivity index (χ2v) is 4.76. The first-order chi connectivity index (χ1) is 8.28. The number of hydrogen-bond donors (Lipinski definition) is 1. The van der Waals surface area contributed by atoms with E-state index in [1.807, 2.05) is 18.5 Å². The molecule has 1 N–H and O–H groups in total. The van der Waals surface area contributed by atoms with Gasteiger partial charge in [-0.05, 0) is 25.1 Å². The Labute approximate surface area is 103 Å². The van der Waals surface area contributed by atoms with Gasteiger partial charge in [0.25, 0.3) is 0 Å². The van der Waals surface area contributed by atoms with Crippen molar-refractivity contribution >= 4 is 0 Å². The van der Waals surface area contributed by atoms with Gasteiger partial charge in [0, 0.05) is 45.2 Å². The molecule has 2 atom stereocenters. The Kier molecular flexibility index (Phi) is 4.48. The van der Waals surface area contributed by atoms with E-state index in [-0.39, 0.29) is 0 Å². The van der Waals surface area contributed by atoms with Crippen LogP contribution in [-0.2, 0) is 11.3 Å². The molecule has 1 saturated heterocycles. The first kappa shape index (κ1) is 12.5. The van der Waals surface area contributed by atoms with Crippen molar-refractivity contribution in [1.82, 2.24) is 15.2 Å². The average molecular weight is 235 g/mol. The molecule has 4 heteroatoms. The van der Waals surface area contributed by atoms with Crippen LogP contribution in [0.15, 0.2) is 24.5 Å². The van der Waals surface area contributed by atoms with Crippen LogP contribution in [0.2, 0.25) is 0 Å². The highest BCUT2D eigenvalue weighted by Gasteiger charge is 2.24. The summed E-state index contributed by atoms with van der Waals surface area (Å²) in [6, 6.07) is 4.64. The molecule has 0 aliphatic carbocycles. The summed E-state index contributed by atoms with van der Waals surface area (Å²) >= 11 is 0. The Balaban J connectivity index is 1.76. The molecule has 1 aliphatic rings. The number of pyridine rings is 1. The topological polar surface area (TPSA) is 37.4 Å². The van der Waals surface area contributed by atoms with E-state index in [2.05, 4.69) is 28.3 Å². The molecular weight excluding hydrogens is 214 g/mol. The van der Waals surface area contributed by atoms with Gasteiger partial charge in [0.05, 0.1) is 6.10 Å². The minimum Gasteiger partial charge on any atom is -0.380 e. The monoisotopic (exact) mass is 235 g/mol. The number of nitrogens with one attached hydrogen (secondary N) is 1. The average Bonchev–Trinajstić information content (AvgIpc) is 2.78. The molecule has 17 heavy (non-hydrogen) atoms. The molecule has 0 amide bonds. The van der Waals surface area contributed by atoms with Gasteiger partial charge >= 0.3 is 0 Å². The first-order valence-corrected chi connectivity index (χ1v) is 6.11. The normalized spacial score (nSPS) is 24.4. The molecule has 2 rings (SSSR count). The number of nitrogens with zero attached hydrogens (tertiary/aromatic N) is 2. The van der Waals surface area contributed by atoms with Crippen LogP contribution in [0.25, 0.3) is 0 Å². The van der Waals surface area contributed by atoms with Crippen LogP contribution in [0.1, 0.15) is 12.0 Å². The molecule has 1 aromatic rings. The third-order valence-electron chi connectivity index (χ3n) is 3.22. The number of likely N-dealkylation sites (N-methyl/N-ethyl adjacent to an activating group) is 1. The fraction of sp³-hybridized carbons (Fsp3) is 0.615. The number of ether oxygens (including phenoxy) is 1. The summed E-state index contributed by atoms with van der Waals surface area (Å²) in [6.45, 7) is 2.97. The lowest BCUT2D eigenvalue weighted by atomic mass is 10.2. The van der Waals surface area contributed by atoms with Crippen molar-refractivity contribution in [3.8, 4) is 0 Å². The minimum absolute atomic E-state index is 0.381. The molecule has 0 bridgehead atoms. The molecule has 0 radical (unpaired) electrons. The molecule has 4 nitrogen and oxygen atoms in total. The molecule has 1 fully saturated rings. The molecule has 0 aromatic carbocycles. The third-order valence-corrected chi connectivity index (χ3v) is 3.22. The molecule has 0 spiro atoms. The van der Waals surface area contributed by atoms with Crippen LogP contribution < -0.4 is 5.32 Å². The van der Waals surface area contributed by atoms with Crippen molar-refractivity contribution in [2.45, 2.75) is 25.1 Å². The number of rotatable bonds is 5. The smallest absolute Gasteiger partial charge is 0.0711 e. The van der Waals surface area contributed by atoms with Gasteiger partial charge in [0.2, 0.25) is 0 Å². The predicted octanol–water partition coefficient (Wildman–Crippen LogP) is 0.890. The zero-order valence-electron chi connectivity index (χ0n) is 10.6. The lowest BCUT2D eigenvalue weighted by molar-refractivity contribution is 0.116. The molecule has 2 heterocycles. The van der Waals surface area contributed by atoms with Gasteiger partial charge in [-0.1, -0.05) is 6.07 Å². The summed E-state index contributed by atoms with van der Waals surface area (Å²) in [4.78, 5) is 6.46. The van der Waals surface area contributed by atoms with Crippen molar-refractivity contribution in [3.63, 3.8) is 0 Å². The number of aromatic nitrogens is 1. The van der Waals surface area contributed by atoms with E-state index < -0.39 is 0 Å². The van der Waals surface area contributed by atoms with Gasteiger partial charge in [-0.2, -0.15) is 0 Å². The lowest BCUT2D eigenvalue weighted by Crippen LogP contribution is -2.34. The van der Waals surface area contributed by atoms with Crippen LogP contribution in [0.3, 0.4) is 0 Å². The molecule has 1 aromatic heterocycles. The van der Waals surface area contributed by atoms with Gasteiger partial charge in [0.1, 0.15) is 0 Å². The molecule has 1 aliphatic heterocycles. The number of methoxy groups -OCH3 is 1. The van der Waals surface area contributed by atoms with Gasteiger partial charge in [-0.15, -0.1) is 0 Å². The molecular formula is C13H21N3O. The van der Waals surface area contributed by atoms with E-state index in [1.165, 1.54) is 5.56 Å². The van der Waals surface area contributed by atoms with Crippen molar-refractivity contribution in [2.24, 2.45) is 0 Å². The summed E-state index contributed by atoms with van der Waals surface area (Å²) in [6.07, 6.45) is 5.22. The maximum Gasteiger partial charge on any atom is 0.0711 e. The van der Waals surface area contributed by atoms with Gasteiger partial charge in [0.15, 0.2) is 0 Å². The van der Waals surface area contributed by atoms with E-state index in [0.717, 1.165) is 26.1 Å². The Bertz CT molecular complexity index is 331. The Morgan fingerprint density at radius 3 is 3.12 bits per heavy atom. The van der Waals surface area contributed by atoms with Crippen LogP contribution >= 0.6 is 0 Å². The summed E-state index contributed by atoms with van der Waals surface area (Å²) in [7, 11) is 3.93. The molecule has 0 saturated carbocycles. The van der Waals surface area contributed by atoms with Crippen molar-refractivity contribution < 1.29 is 4.74 Å². The van der Waals surface area contributed by atoms with Gasteiger partial charge < -0.3 is 15.0 Å². The summed E-state index contributed by atoms with van der Waals surface area (Å²) < 4.78 is 5.35. The highest BCUT2D eigenvalue weighted by atomic mass is 16.5. The zero-order chi connectivity index (χ0) is 12.1. The highest BCUT2D eigenvalue weighted by molar-refractivity contribution is 5.08. The van der Waals surface area contributed by atoms with Crippen molar-refractivity contribution in [2.75, 3.05) is 27.2 Å². The highest BCUT2D eigenvalue weighted by Crippen LogP contribution is 2.11. The van der Waals surface area contributed by atoms with Crippen molar-refractivity contribution in [1.29, 1.82) is 0 Å². The Morgan fingerprint density at radius 2 is 2.47 bits per heavy atom. The third kappa shape index (κ3) is 3.77. The minimum atomic E-state index is 0.381.